The van der Waals surface area contributed by atoms with Gasteiger partial charge in [0.05, 0.1) is 6.61 Å². The normalized spacial score (nSPS) is 14.5. The predicted octanol–water partition coefficient (Wildman–Crippen LogP) is 4.44. The van der Waals surface area contributed by atoms with E-state index in [2.05, 4.69) is 24.3 Å². The second-order valence-corrected chi connectivity index (χ2v) is 7.42. The number of aliphatic hydroxyl groups is 1. The van der Waals surface area contributed by atoms with Crippen molar-refractivity contribution in [2.24, 2.45) is 0 Å². The molecule has 5 rings (SSSR count). The SMILES string of the molecule is O=C(OCC1c2ccccc2-c2ccccc21)N1Cc2ccc(CO)cc2C1. The van der Waals surface area contributed by atoms with E-state index < -0.39 is 0 Å². The van der Waals surface area contributed by atoms with E-state index in [4.69, 9.17) is 4.74 Å². The third-order valence-electron chi connectivity index (χ3n) is 5.77. The van der Waals surface area contributed by atoms with Crippen LogP contribution in [0.3, 0.4) is 0 Å². The van der Waals surface area contributed by atoms with Gasteiger partial charge in [0.2, 0.25) is 0 Å². The van der Waals surface area contributed by atoms with Crippen LogP contribution in [-0.4, -0.2) is 22.7 Å². The smallest absolute Gasteiger partial charge is 0.410 e. The lowest BCUT2D eigenvalue weighted by molar-refractivity contribution is 0.0990. The fourth-order valence-corrected chi connectivity index (χ4v) is 4.36. The van der Waals surface area contributed by atoms with Crippen molar-refractivity contribution < 1.29 is 14.6 Å². The highest BCUT2D eigenvalue weighted by Gasteiger charge is 2.30. The Kier molecular flexibility index (Phi) is 4.14. The van der Waals surface area contributed by atoms with Crippen molar-refractivity contribution in [2.75, 3.05) is 6.61 Å². The minimum Gasteiger partial charge on any atom is -0.448 e. The number of amides is 1. The Labute approximate surface area is 164 Å². The Hall–Kier alpha value is -3.11. The van der Waals surface area contributed by atoms with Crippen molar-refractivity contribution in [2.45, 2.75) is 25.6 Å². The molecule has 0 saturated heterocycles. The summed E-state index contributed by atoms with van der Waals surface area (Å²) in [6, 6.07) is 22.5. The highest BCUT2D eigenvalue weighted by atomic mass is 16.6. The zero-order chi connectivity index (χ0) is 19.1. The van der Waals surface area contributed by atoms with Gasteiger partial charge in [-0.1, -0.05) is 66.7 Å². The topological polar surface area (TPSA) is 49.8 Å². The molecule has 4 heteroatoms. The van der Waals surface area contributed by atoms with Crippen LogP contribution in [0.25, 0.3) is 11.1 Å². The van der Waals surface area contributed by atoms with E-state index in [0.29, 0.717) is 19.7 Å². The van der Waals surface area contributed by atoms with Crippen LogP contribution in [0.5, 0.6) is 0 Å². The van der Waals surface area contributed by atoms with Gasteiger partial charge in [0.25, 0.3) is 0 Å². The Balaban J connectivity index is 1.31. The van der Waals surface area contributed by atoms with Gasteiger partial charge in [-0.25, -0.2) is 4.79 Å². The van der Waals surface area contributed by atoms with Gasteiger partial charge in [0.1, 0.15) is 6.61 Å². The molecule has 1 heterocycles. The number of benzene rings is 3. The molecule has 0 saturated carbocycles. The van der Waals surface area contributed by atoms with Gasteiger partial charge in [-0.2, -0.15) is 0 Å². The number of hydrogen-bond donors (Lipinski definition) is 1. The number of aliphatic hydroxyl groups excluding tert-OH is 1. The summed E-state index contributed by atoms with van der Waals surface area (Å²) in [7, 11) is 0. The number of carbonyl (C=O) groups excluding carboxylic acids is 1. The van der Waals surface area contributed by atoms with Crippen LogP contribution in [-0.2, 0) is 24.4 Å². The molecule has 4 nitrogen and oxygen atoms in total. The monoisotopic (exact) mass is 371 g/mol. The number of carbonyl (C=O) groups is 1. The van der Waals surface area contributed by atoms with Gasteiger partial charge in [0.15, 0.2) is 0 Å². The molecule has 3 aromatic carbocycles. The molecule has 28 heavy (non-hydrogen) atoms. The quantitative estimate of drug-likeness (QED) is 0.740. The first kappa shape index (κ1) is 17.0. The molecule has 0 aromatic heterocycles. The van der Waals surface area contributed by atoms with Crippen LogP contribution in [0, 0.1) is 0 Å². The fraction of sp³-hybridized carbons (Fsp3) is 0.208. The van der Waals surface area contributed by atoms with Gasteiger partial charge in [-0.15, -0.1) is 0 Å². The second-order valence-electron chi connectivity index (χ2n) is 7.42. The van der Waals surface area contributed by atoms with Crippen molar-refractivity contribution in [1.29, 1.82) is 0 Å². The first-order valence-corrected chi connectivity index (χ1v) is 9.56. The third kappa shape index (κ3) is 2.77. The van der Waals surface area contributed by atoms with Crippen molar-refractivity contribution in [3.8, 4) is 11.1 Å². The summed E-state index contributed by atoms with van der Waals surface area (Å²) < 4.78 is 5.75. The lowest BCUT2D eigenvalue weighted by Crippen LogP contribution is -2.27. The van der Waals surface area contributed by atoms with Gasteiger partial charge >= 0.3 is 6.09 Å². The molecule has 1 N–H and O–H groups in total. The molecular formula is C24H21NO3. The van der Waals surface area contributed by atoms with Crippen molar-refractivity contribution in [3.63, 3.8) is 0 Å². The first-order valence-electron chi connectivity index (χ1n) is 9.56. The highest BCUT2D eigenvalue weighted by molar-refractivity contribution is 5.79. The predicted molar refractivity (Wildman–Crippen MR) is 107 cm³/mol. The molecule has 0 fully saturated rings. The molecule has 0 bridgehead atoms. The molecule has 0 atom stereocenters. The van der Waals surface area contributed by atoms with Gasteiger partial charge < -0.3 is 9.84 Å². The van der Waals surface area contributed by atoms with E-state index in [-0.39, 0.29) is 18.6 Å². The maximum Gasteiger partial charge on any atom is 0.410 e. The Morgan fingerprint density at radius 3 is 2.25 bits per heavy atom. The molecule has 0 radical (unpaired) electrons. The van der Waals surface area contributed by atoms with Crippen LogP contribution in [0.15, 0.2) is 66.7 Å². The number of nitrogens with zero attached hydrogens (tertiary/aromatic N) is 1. The minimum atomic E-state index is -0.288. The average molecular weight is 371 g/mol. The molecule has 1 amide bonds. The summed E-state index contributed by atoms with van der Waals surface area (Å²) in [5, 5.41) is 9.30. The summed E-state index contributed by atoms with van der Waals surface area (Å²) in [4.78, 5) is 14.4. The van der Waals surface area contributed by atoms with E-state index in [1.807, 2.05) is 42.5 Å². The van der Waals surface area contributed by atoms with Gasteiger partial charge in [0, 0.05) is 19.0 Å². The van der Waals surface area contributed by atoms with Gasteiger partial charge in [-0.3, -0.25) is 4.90 Å². The molecular weight excluding hydrogens is 350 g/mol. The highest BCUT2D eigenvalue weighted by Crippen LogP contribution is 2.44. The zero-order valence-electron chi connectivity index (χ0n) is 15.5. The van der Waals surface area contributed by atoms with Crippen LogP contribution >= 0.6 is 0 Å². The molecule has 1 aliphatic carbocycles. The molecule has 2 aliphatic rings. The van der Waals surface area contributed by atoms with E-state index in [9.17, 15) is 9.90 Å². The first-order chi connectivity index (χ1) is 13.7. The summed E-state index contributed by atoms with van der Waals surface area (Å²) in [6.45, 7) is 1.43. The van der Waals surface area contributed by atoms with E-state index in [1.54, 1.807) is 4.90 Å². The Bertz CT molecular complexity index is 1010. The lowest BCUT2D eigenvalue weighted by Gasteiger charge is -2.19. The number of rotatable bonds is 3. The van der Waals surface area contributed by atoms with Crippen molar-refractivity contribution in [3.05, 3.63) is 94.5 Å². The van der Waals surface area contributed by atoms with Crippen LogP contribution in [0.2, 0.25) is 0 Å². The van der Waals surface area contributed by atoms with Crippen molar-refractivity contribution >= 4 is 6.09 Å². The molecule has 0 unspecified atom stereocenters. The molecule has 3 aromatic rings. The number of hydrogen-bond acceptors (Lipinski definition) is 3. The largest absolute Gasteiger partial charge is 0.448 e. The Morgan fingerprint density at radius 1 is 0.929 bits per heavy atom. The van der Waals surface area contributed by atoms with E-state index in [0.717, 1.165) is 16.7 Å². The standard InChI is InChI=1S/C24H21NO3/c26-14-16-9-10-17-12-25(13-18(17)11-16)24(27)28-15-23-21-7-3-1-5-19(21)20-6-2-4-8-22(20)23/h1-11,23,26H,12-15H2. The Morgan fingerprint density at radius 2 is 1.57 bits per heavy atom. The summed E-state index contributed by atoms with van der Waals surface area (Å²) in [5.41, 5.74) is 7.95. The third-order valence-corrected chi connectivity index (χ3v) is 5.77. The summed E-state index contributed by atoms with van der Waals surface area (Å²) in [5.74, 6) is 0.0716. The lowest BCUT2D eigenvalue weighted by atomic mass is 9.98. The van der Waals surface area contributed by atoms with E-state index >= 15 is 0 Å². The maximum atomic E-state index is 12.7. The van der Waals surface area contributed by atoms with Crippen LogP contribution in [0.1, 0.15) is 33.7 Å². The average Bonchev–Trinajstić information content (AvgIpc) is 3.31. The molecule has 0 spiro atoms. The summed E-state index contributed by atoms with van der Waals surface area (Å²) in [6.07, 6.45) is -0.288. The van der Waals surface area contributed by atoms with Gasteiger partial charge in [-0.05, 0) is 38.9 Å². The maximum absolute atomic E-state index is 12.7. The zero-order valence-corrected chi connectivity index (χ0v) is 15.5. The number of ether oxygens (including phenoxy) is 1. The second kappa shape index (κ2) is 6.80. The van der Waals surface area contributed by atoms with Crippen molar-refractivity contribution in [1.82, 2.24) is 4.90 Å². The molecule has 1 aliphatic heterocycles. The summed E-state index contributed by atoms with van der Waals surface area (Å²) >= 11 is 0. The fourth-order valence-electron chi connectivity index (χ4n) is 4.36. The van der Waals surface area contributed by atoms with Crippen LogP contribution < -0.4 is 0 Å². The van der Waals surface area contributed by atoms with E-state index in [1.165, 1.54) is 22.3 Å². The van der Waals surface area contributed by atoms with Crippen LogP contribution in [0.4, 0.5) is 4.79 Å². The minimum absolute atomic E-state index is 0.0121. The number of fused-ring (bicyclic) bond motifs is 4. The molecule has 140 valence electrons.